The molecule has 5 nitrogen and oxygen atoms in total. The second-order valence-corrected chi connectivity index (χ2v) is 5.06. The molecule has 2 rings (SSSR count). The summed E-state index contributed by atoms with van der Waals surface area (Å²) in [5.41, 5.74) is 0. The van der Waals surface area contributed by atoms with Gasteiger partial charge in [0.1, 0.15) is 0 Å². The van der Waals surface area contributed by atoms with Crippen molar-refractivity contribution < 1.29 is 14.3 Å². The summed E-state index contributed by atoms with van der Waals surface area (Å²) in [6, 6.07) is 0.386. The van der Waals surface area contributed by atoms with Crippen molar-refractivity contribution in [2.75, 3.05) is 32.9 Å². The second kappa shape index (κ2) is 7.71. The van der Waals surface area contributed by atoms with E-state index in [1.807, 2.05) is 0 Å². The third kappa shape index (κ3) is 4.92. The number of carbonyl (C=O) groups excluding carboxylic acids is 1. The molecule has 0 aromatic heterocycles. The first-order chi connectivity index (χ1) is 8.84. The monoisotopic (exact) mass is 256 g/mol. The van der Waals surface area contributed by atoms with Crippen LogP contribution in [0.25, 0.3) is 0 Å². The predicted octanol–water partition coefficient (Wildman–Crippen LogP) is 0.440. The Kier molecular flexibility index (Phi) is 5.90. The first-order valence-corrected chi connectivity index (χ1v) is 7.04. The molecule has 2 saturated heterocycles. The minimum Gasteiger partial charge on any atom is -0.379 e. The van der Waals surface area contributed by atoms with Gasteiger partial charge in [0.15, 0.2) is 0 Å². The van der Waals surface area contributed by atoms with E-state index in [1.165, 1.54) is 6.42 Å². The third-order valence-corrected chi connectivity index (χ3v) is 3.48. The molecule has 18 heavy (non-hydrogen) atoms. The maximum absolute atomic E-state index is 11.6. The molecule has 2 heterocycles. The molecule has 2 aliphatic heterocycles. The zero-order chi connectivity index (χ0) is 12.6. The summed E-state index contributed by atoms with van der Waals surface area (Å²) in [7, 11) is 0. The Morgan fingerprint density at radius 1 is 1.44 bits per heavy atom. The Morgan fingerprint density at radius 2 is 2.39 bits per heavy atom. The van der Waals surface area contributed by atoms with Gasteiger partial charge in [-0.25, -0.2) is 0 Å². The van der Waals surface area contributed by atoms with E-state index in [9.17, 15) is 4.79 Å². The fourth-order valence-corrected chi connectivity index (χ4v) is 2.42. The lowest BCUT2D eigenvalue weighted by atomic mass is 10.1. The Balaban J connectivity index is 1.43. The molecule has 0 saturated carbocycles. The largest absolute Gasteiger partial charge is 0.379 e. The molecular formula is C13H24N2O3. The Hall–Kier alpha value is -0.650. The lowest BCUT2D eigenvalue weighted by Gasteiger charge is -2.11. The van der Waals surface area contributed by atoms with Crippen molar-refractivity contribution in [3.8, 4) is 0 Å². The molecule has 2 atom stereocenters. The van der Waals surface area contributed by atoms with Crippen LogP contribution in [0.1, 0.15) is 32.1 Å². The standard InChI is InChI=1S/C13H24N2O3/c16-13(9-11-3-1-5-14-11)15-6-2-7-18-12-4-8-17-10-12/h11-12,14H,1-10H2,(H,15,16). The first kappa shape index (κ1) is 13.8. The number of hydrogen-bond donors (Lipinski definition) is 2. The molecular weight excluding hydrogens is 232 g/mol. The minimum atomic E-state index is 0.151. The van der Waals surface area contributed by atoms with Gasteiger partial charge in [0, 0.05) is 32.2 Å². The number of hydrogen-bond acceptors (Lipinski definition) is 4. The summed E-state index contributed by atoms with van der Waals surface area (Å²) in [5.74, 6) is 0.151. The van der Waals surface area contributed by atoms with Gasteiger partial charge in [-0.3, -0.25) is 4.79 Å². The van der Waals surface area contributed by atoms with E-state index in [0.29, 0.717) is 25.6 Å². The van der Waals surface area contributed by atoms with E-state index < -0.39 is 0 Å². The summed E-state index contributed by atoms with van der Waals surface area (Å²) in [6.45, 7) is 4.00. The highest BCUT2D eigenvalue weighted by Gasteiger charge is 2.17. The fraction of sp³-hybridized carbons (Fsp3) is 0.923. The average molecular weight is 256 g/mol. The van der Waals surface area contributed by atoms with Crippen molar-refractivity contribution in [2.45, 2.75) is 44.2 Å². The molecule has 0 aliphatic carbocycles. The van der Waals surface area contributed by atoms with Gasteiger partial charge >= 0.3 is 0 Å². The van der Waals surface area contributed by atoms with Crippen LogP contribution < -0.4 is 10.6 Å². The predicted molar refractivity (Wildman–Crippen MR) is 68.4 cm³/mol. The van der Waals surface area contributed by atoms with Gasteiger partial charge in [-0.05, 0) is 32.2 Å². The smallest absolute Gasteiger partial charge is 0.221 e. The second-order valence-electron chi connectivity index (χ2n) is 5.06. The molecule has 0 bridgehead atoms. The molecule has 104 valence electrons. The number of nitrogens with one attached hydrogen (secondary N) is 2. The first-order valence-electron chi connectivity index (χ1n) is 7.04. The Morgan fingerprint density at radius 3 is 3.11 bits per heavy atom. The van der Waals surface area contributed by atoms with Crippen molar-refractivity contribution in [2.24, 2.45) is 0 Å². The molecule has 2 fully saturated rings. The van der Waals surface area contributed by atoms with Gasteiger partial charge in [-0.1, -0.05) is 0 Å². The maximum Gasteiger partial charge on any atom is 0.221 e. The summed E-state index contributed by atoms with van der Waals surface area (Å²) in [6.07, 6.45) is 5.06. The van der Waals surface area contributed by atoms with Gasteiger partial charge in [-0.2, -0.15) is 0 Å². The highest BCUT2D eigenvalue weighted by Crippen LogP contribution is 2.09. The molecule has 1 amide bonds. The minimum absolute atomic E-state index is 0.151. The summed E-state index contributed by atoms with van der Waals surface area (Å²) < 4.78 is 10.9. The molecule has 5 heteroatoms. The van der Waals surface area contributed by atoms with Crippen molar-refractivity contribution in [3.63, 3.8) is 0 Å². The van der Waals surface area contributed by atoms with Crippen LogP contribution in [0.15, 0.2) is 0 Å². The molecule has 2 unspecified atom stereocenters. The van der Waals surface area contributed by atoms with Crippen LogP contribution in [0.3, 0.4) is 0 Å². The van der Waals surface area contributed by atoms with Gasteiger partial charge in [0.25, 0.3) is 0 Å². The normalized spacial score (nSPS) is 27.6. The SMILES string of the molecule is O=C(CC1CCCN1)NCCCOC1CCOC1. The van der Waals surface area contributed by atoms with E-state index in [4.69, 9.17) is 9.47 Å². The number of rotatable bonds is 7. The number of amides is 1. The van der Waals surface area contributed by atoms with Crippen molar-refractivity contribution in [1.82, 2.24) is 10.6 Å². The van der Waals surface area contributed by atoms with Crippen molar-refractivity contribution in [1.29, 1.82) is 0 Å². The topological polar surface area (TPSA) is 59.6 Å². The average Bonchev–Trinajstić information content (AvgIpc) is 3.01. The Bertz CT molecular complexity index is 249. The van der Waals surface area contributed by atoms with Gasteiger partial charge in [0.05, 0.1) is 12.7 Å². The zero-order valence-electron chi connectivity index (χ0n) is 11.0. The molecule has 2 aliphatic rings. The molecule has 0 aromatic rings. The quantitative estimate of drug-likeness (QED) is 0.649. The lowest BCUT2D eigenvalue weighted by Crippen LogP contribution is -2.32. The fourth-order valence-electron chi connectivity index (χ4n) is 2.42. The molecule has 0 aromatic carbocycles. The van der Waals surface area contributed by atoms with Crippen LogP contribution >= 0.6 is 0 Å². The summed E-state index contributed by atoms with van der Waals surface area (Å²) in [5, 5.41) is 6.27. The summed E-state index contributed by atoms with van der Waals surface area (Å²) in [4.78, 5) is 11.6. The lowest BCUT2D eigenvalue weighted by molar-refractivity contribution is -0.121. The Labute approximate surface area is 109 Å². The van der Waals surface area contributed by atoms with Gasteiger partial charge in [0.2, 0.25) is 5.91 Å². The highest BCUT2D eigenvalue weighted by molar-refractivity contribution is 5.76. The zero-order valence-corrected chi connectivity index (χ0v) is 11.0. The molecule has 2 N–H and O–H groups in total. The van der Waals surface area contributed by atoms with Crippen molar-refractivity contribution >= 4 is 5.91 Å². The van der Waals surface area contributed by atoms with Crippen LogP contribution in [0, 0.1) is 0 Å². The van der Waals surface area contributed by atoms with Crippen LogP contribution in [0.2, 0.25) is 0 Å². The van der Waals surface area contributed by atoms with Crippen LogP contribution in [-0.2, 0) is 14.3 Å². The molecule has 0 spiro atoms. The number of ether oxygens (including phenoxy) is 2. The van der Waals surface area contributed by atoms with E-state index in [1.54, 1.807) is 0 Å². The third-order valence-electron chi connectivity index (χ3n) is 3.48. The van der Waals surface area contributed by atoms with E-state index >= 15 is 0 Å². The maximum atomic E-state index is 11.6. The molecule has 0 radical (unpaired) electrons. The van der Waals surface area contributed by atoms with Crippen LogP contribution in [0.5, 0.6) is 0 Å². The van der Waals surface area contributed by atoms with Crippen LogP contribution in [0.4, 0.5) is 0 Å². The van der Waals surface area contributed by atoms with Gasteiger partial charge < -0.3 is 20.1 Å². The van der Waals surface area contributed by atoms with Crippen molar-refractivity contribution in [3.05, 3.63) is 0 Å². The van der Waals surface area contributed by atoms with E-state index in [-0.39, 0.29) is 12.0 Å². The number of carbonyl (C=O) groups is 1. The summed E-state index contributed by atoms with van der Waals surface area (Å²) >= 11 is 0. The van der Waals surface area contributed by atoms with Gasteiger partial charge in [-0.15, -0.1) is 0 Å². The van der Waals surface area contributed by atoms with E-state index in [0.717, 1.165) is 39.0 Å². The van der Waals surface area contributed by atoms with Crippen LogP contribution in [-0.4, -0.2) is 51.0 Å². The highest BCUT2D eigenvalue weighted by atomic mass is 16.5. The van der Waals surface area contributed by atoms with E-state index in [2.05, 4.69) is 10.6 Å².